The van der Waals surface area contributed by atoms with Crippen molar-refractivity contribution < 1.29 is 19.1 Å². The fraction of sp³-hybridized carbons (Fsp3) is 0.824. The molecule has 2 fully saturated rings. The Morgan fingerprint density at radius 3 is 2.56 bits per heavy atom. The Morgan fingerprint density at radius 1 is 1.24 bits per heavy atom. The fourth-order valence-electron chi connectivity index (χ4n) is 2.80. The first kappa shape index (κ1) is 20.4. The standard InChI is InChI=1S/C17H30IN3O4/c1-3-12(2)8-15(22)21-14-9-18(10-14)17(24)20-11-25-16(23)13-4-6-19-7-5-13/h12-14,19H,3-11H2,1-2H3,(H,20,24)(H,21,22). The first-order valence-electron chi connectivity index (χ1n) is 9.05. The van der Waals surface area contributed by atoms with Crippen LogP contribution in [-0.2, 0) is 14.3 Å². The van der Waals surface area contributed by atoms with Crippen molar-refractivity contribution >= 4 is 35.6 Å². The van der Waals surface area contributed by atoms with Crippen LogP contribution in [0, 0.1) is 11.8 Å². The molecule has 3 N–H and O–H groups in total. The monoisotopic (exact) mass is 467 g/mol. The molecule has 0 aromatic rings. The average molecular weight is 467 g/mol. The Hall–Kier alpha value is -0.900. The van der Waals surface area contributed by atoms with E-state index in [1.807, 2.05) is 0 Å². The van der Waals surface area contributed by atoms with E-state index in [9.17, 15) is 14.4 Å². The minimum absolute atomic E-state index is 0.0272. The summed E-state index contributed by atoms with van der Waals surface area (Å²) in [6, 6.07) is 0.157. The molecule has 2 aliphatic rings. The molecule has 0 aromatic carbocycles. The van der Waals surface area contributed by atoms with Gasteiger partial charge in [0.05, 0.1) is 0 Å². The number of carbonyl (C=O) groups excluding carboxylic acids is 3. The second kappa shape index (κ2) is 10.3. The molecule has 2 amide bonds. The van der Waals surface area contributed by atoms with Crippen LogP contribution in [0.4, 0.5) is 4.79 Å². The van der Waals surface area contributed by atoms with E-state index in [0.717, 1.165) is 41.2 Å². The Kier molecular flexibility index (Phi) is 8.41. The van der Waals surface area contributed by atoms with Gasteiger partial charge < -0.3 is 0 Å². The summed E-state index contributed by atoms with van der Waals surface area (Å²) >= 11 is -1.70. The Balaban J connectivity index is 1.55. The summed E-state index contributed by atoms with van der Waals surface area (Å²) in [6.07, 6.45) is 3.14. The maximum absolute atomic E-state index is 12.1. The van der Waals surface area contributed by atoms with Crippen LogP contribution >= 0.6 is 19.8 Å². The molecular formula is C17H30IN3O4. The van der Waals surface area contributed by atoms with Crippen molar-refractivity contribution in [3.63, 3.8) is 0 Å². The number of amides is 2. The number of hydrogen-bond donors (Lipinski definition) is 3. The van der Waals surface area contributed by atoms with E-state index >= 15 is 0 Å². The molecule has 7 nitrogen and oxygen atoms in total. The molecule has 1 atom stereocenters. The van der Waals surface area contributed by atoms with E-state index in [1.165, 1.54) is 0 Å². The number of rotatable bonds is 8. The first-order valence-corrected chi connectivity index (χ1v) is 13.2. The predicted octanol–water partition coefficient (Wildman–Crippen LogP) is 1.64. The normalized spacial score (nSPS) is 21.1. The quantitative estimate of drug-likeness (QED) is 0.126. The molecule has 144 valence electrons. The summed E-state index contributed by atoms with van der Waals surface area (Å²) in [5.41, 5.74) is 0. The van der Waals surface area contributed by atoms with Gasteiger partial charge in [-0.15, -0.1) is 0 Å². The Labute approximate surface area is 156 Å². The van der Waals surface area contributed by atoms with Crippen LogP contribution in [0.3, 0.4) is 0 Å². The molecule has 0 aliphatic carbocycles. The second-order valence-electron chi connectivity index (χ2n) is 6.83. The van der Waals surface area contributed by atoms with Gasteiger partial charge in [-0.25, -0.2) is 0 Å². The number of piperidine rings is 1. The van der Waals surface area contributed by atoms with Crippen LogP contribution in [0.15, 0.2) is 0 Å². The molecule has 2 heterocycles. The molecule has 0 spiro atoms. The van der Waals surface area contributed by atoms with Crippen molar-refractivity contribution in [2.24, 2.45) is 11.8 Å². The molecule has 8 heteroatoms. The SMILES string of the molecule is CCC(C)CC(=O)NC1CI(C(=O)NCOC(=O)C2CCNCC2)C1. The summed E-state index contributed by atoms with van der Waals surface area (Å²) in [4.78, 5) is 35.8. The third kappa shape index (κ3) is 6.73. The van der Waals surface area contributed by atoms with Crippen LogP contribution in [0.5, 0.6) is 0 Å². The molecule has 0 bridgehead atoms. The maximum atomic E-state index is 12.1. The van der Waals surface area contributed by atoms with Crippen LogP contribution in [0.2, 0.25) is 0 Å². The third-order valence-electron chi connectivity index (χ3n) is 4.68. The Bertz CT molecular complexity index is 477. The van der Waals surface area contributed by atoms with Gasteiger partial charge >= 0.3 is 157 Å². The average Bonchev–Trinajstić information content (AvgIpc) is 2.58. The van der Waals surface area contributed by atoms with Crippen molar-refractivity contribution in [3.8, 4) is 0 Å². The van der Waals surface area contributed by atoms with Crippen molar-refractivity contribution in [2.45, 2.75) is 45.6 Å². The number of ether oxygens (including phenoxy) is 1. The second-order valence-corrected chi connectivity index (χ2v) is 12.2. The van der Waals surface area contributed by atoms with Crippen molar-refractivity contribution in [1.29, 1.82) is 0 Å². The van der Waals surface area contributed by atoms with E-state index in [1.54, 1.807) is 0 Å². The third-order valence-corrected chi connectivity index (χ3v) is 10.7. The summed E-state index contributed by atoms with van der Waals surface area (Å²) in [6.45, 7) is 5.80. The number of nitrogens with one attached hydrogen (secondary N) is 3. The van der Waals surface area contributed by atoms with Crippen molar-refractivity contribution in [3.05, 3.63) is 0 Å². The summed E-state index contributed by atoms with van der Waals surface area (Å²) in [5.74, 6) is 0.221. The number of halogens is 1. The molecule has 2 rings (SSSR count). The molecule has 25 heavy (non-hydrogen) atoms. The van der Waals surface area contributed by atoms with Gasteiger partial charge in [0, 0.05) is 0 Å². The van der Waals surface area contributed by atoms with Crippen molar-refractivity contribution in [2.75, 3.05) is 28.7 Å². The number of esters is 1. The van der Waals surface area contributed by atoms with Crippen LogP contribution in [-0.4, -0.2) is 50.5 Å². The molecule has 1 unspecified atom stereocenters. The van der Waals surface area contributed by atoms with Gasteiger partial charge in [-0.2, -0.15) is 0 Å². The van der Waals surface area contributed by atoms with E-state index in [4.69, 9.17) is 4.74 Å². The number of alkyl halides is 2. The summed E-state index contributed by atoms with van der Waals surface area (Å²) < 4.78 is 6.85. The van der Waals surface area contributed by atoms with Gasteiger partial charge in [0.15, 0.2) is 0 Å². The zero-order valence-corrected chi connectivity index (χ0v) is 17.3. The van der Waals surface area contributed by atoms with E-state index < -0.39 is 19.8 Å². The van der Waals surface area contributed by atoms with E-state index in [0.29, 0.717) is 12.3 Å². The van der Waals surface area contributed by atoms with Crippen molar-refractivity contribution in [1.82, 2.24) is 16.0 Å². The van der Waals surface area contributed by atoms with Crippen LogP contribution in [0.25, 0.3) is 0 Å². The van der Waals surface area contributed by atoms with Gasteiger partial charge in [0.1, 0.15) is 0 Å². The van der Waals surface area contributed by atoms with Gasteiger partial charge in [0.2, 0.25) is 0 Å². The minimum atomic E-state index is -1.70. The summed E-state index contributed by atoms with van der Waals surface area (Å²) in [7, 11) is 0. The molecule has 2 aliphatic heterocycles. The number of carbonyl (C=O) groups is 3. The first-order chi connectivity index (χ1) is 12.0. The molecule has 0 saturated carbocycles. The van der Waals surface area contributed by atoms with Gasteiger partial charge in [-0.1, -0.05) is 0 Å². The van der Waals surface area contributed by atoms with E-state index in [2.05, 4.69) is 29.8 Å². The molecule has 2 saturated heterocycles. The van der Waals surface area contributed by atoms with Gasteiger partial charge in [-0.3, -0.25) is 0 Å². The molecular weight excluding hydrogens is 437 g/mol. The zero-order chi connectivity index (χ0) is 18.2. The van der Waals surface area contributed by atoms with Crippen LogP contribution < -0.4 is 16.0 Å². The molecule has 0 radical (unpaired) electrons. The van der Waals surface area contributed by atoms with Gasteiger partial charge in [0.25, 0.3) is 0 Å². The molecule has 0 aromatic heterocycles. The Morgan fingerprint density at radius 2 is 1.92 bits per heavy atom. The van der Waals surface area contributed by atoms with Crippen LogP contribution in [0.1, 0.15) is 39.5 Å². The van der Waals surface area contributed by atoms with Gasteiger partial charge in [-0.05, 0) is 0 Å². The fourth-order valence-corrected chi connectivity index (χ4v) is 7.05. The predicted molar refractivity (Wildman–Crippen MR) is 105 cm³/mol. The van der Waals surface area contributed by atoms with E-state index in [-0.39, 0.29) is 34.5 Å². The number of hydrogen-bond acceptors (Lipinski definition) is 5. The summed E-state index contributed by atoms with van der Waals surface area (Å²) in [5, 5.41) is 8.95. The topological polar surface area (TPSA) is 96.5 Å². The zero-order valence-electron chi connectivity index (χ0n) is 15.1.